The number of nitrogens with zero attached hydrogens (tertiary/aromatic N) is 1. The van der Waals surface area contributed by atoms with Gasteiger partial charge in [-0.05, 0) is 55.9 Å². The number of hydrogen-bond acceptors (Lipinski definition) is 4. The average molecular weight is 481 g/mol. The Morgan fingerprint density at radius 2 is 1.46 bits per heavy atom. The molecular formula is C28H36N2O5. The molecule has 0 aromatic heterocycles. The van der Waals surface area contributed by atoms with Gasteiger partial charge in [-0.25, -0.2) is 9.59 Å². The Morgan fingerprint density at radius 1 is 0.943 bits per heavy atom. The van der Waals surface area contributed by atoms with Crippen LogP contribution < -0.4 is 5.32 Å². The standard InChI is InChI=1S/C28H36N2O5/c1-6-28(7-2,24(31)30(8-3)27(4,5)25(32)33)18-29-26(34)35-17-23-21-15-11-9-13-19(21)20-14-10-12-16-22(20)23/h9-16,23H,6-8,17-18H2,1-5H3,(H,29,34)(H,32,33). The number of fused-ring (bicyclic) bond motifs is 3. The maximum atomic E-state index is 13.5. The van der Waals surface area contributed by atoms with Crippen LogP contribution in [-0.2, 0) is 14.3 Å². The molecule has 7 nitrogen and oxygen atoms in total. The van der Waals surface area contributed by atoms with Crippen LogP contribution in [0.2, 0.25) is 0 Å². The zero-order valence-corrected chi connectivity index (χ0v) is 21.3. The lowest BCUT2D eigenvalue weighted by Crippen LogP contribution is -2.59. The van der Waals surface area contributed by atoms with Crippen molar-refractivity contribution in [1.29, 1.82) is 0 Å². The number of nitrogens with one attached hydrogen (secondary N) is 1. The summed E-state index contributed by atoms with van der Waals surface area (Å²) in [7, 11) is 0. The first-order valence-electron chi connectivity index (χ1n) is 12.3. The van der Waals surface area contributed by atoms with Crippen molar-refractivity contribution in [2.24, 2.45) is 5.41 Å². The molecule has 35 heavy (non-hydrogen) atoms. The summed E-state index contributed by atoms with van der Waals surface area (Å²) in [5, 5.41) is 12.4. The summed E-state index contributed by atoms with van der Waals surface area (Å²) in [5.41, 5.74) is 2.28. The summed E-state index contributed by atoms with van der Waals surface area (Å²) in [4.78, 5) is 39.4. The number of carbonyl (C=O) groups excluding carboxylic acids is 2. The number of carbonyl (C=O) groups is 3. The third-order valence-electron chi connectivity index (χ3n) is 7.48. The molecular weight excluding hydrogens is 444 g/mol. The van der Waals surface area contributed by atoms with Gasteiger partial charge in [-0.1, -0.05) is 62.4 Å². The average Bonchev–Trinajstić information content (AvgIpc) is 3.17. The third-order valence-corrected chi connectivity index (χ3v) is 7.48. The number of amides is 2. The van der Waals surface area contributed by atoms with E-state index in [4.69, 9.17) is 4.74 Å². The molecule has 2 amide bonds. The van der Waals surface area contributed by atoms with Crippen LogP contribution in [-0.4, -0.2) is 53.2 Å². The largest absolute Gasteiger partial charge is 0.480 e. The van der Waals surface area contributed by atoms with Crippen LogP contribution in [0.1, 0.15) is 64.5 Å². The maximum absolute atomic E-state index is 13.5. The number of carboxylic acid groups (broad SMARTS) is 1. The lowest BCUT2D eigenvalue weighted by atomic mass is 9.79. The summed E-state index contributed by atoms with van der Waals surface area (Å²) >= 11 is 0. The van der Waals surface area contributed by atoms with E-state index in [1.807, 2.05) is 38.1 Å². The topological polar surface area (TPSA) is 95.9 Å². The number of aliphatic carboxylic acids is 1. The van der Waals surface area contributed by atoms with Crippen molar-refractivity contribution >= 4 is 18.0 Å². The molecule has 0 bridgehead atoms. The van der Waals surface area contributed by atoms with Crippen molar-refractivity contribution < 1.29 is 24.2 Å². The highest BCUT2D eigenvalue weighted by molar-refractivity contribution is 5.90. The Morgan fingerprint density at radius 3 is 1.91 bits per heavy atom. The minimum atomic E-state index is -1.36. The smallest absolute Gasteiger partial charge is 0.407 e. The molecule has 0 fully saturated rings. The number of carboxylic acids is 1. The fourth-order valence-electron chi connectivity index (χ4n) is 4.96. The molecule has 2 N–H and O–H groups in total. The van der Waals surface area contributed by atoms with E-state index in [0.29, 0.717) is 12.8 Å². The van der Waals surface area contributed by atoms with Gasteiger partial charge in [0.05, 0.1) is 5.41 Å². The lowest BCUT2D eigenvalue weighted by Gasteiger charge is -2.41. The van der Waals surface area contributed by atoms with Gasteiger partial charge in [-0.3, -0.25) is 4.79 Å². The van der Waals surface area contributed by atoms with E-state index in [1.165, 1.54) is 18.7 Å². The van der Waals surface area contributed by atoms with Crippen LogP contribution >= 0.6 is 0 Å². The Hall–Kier alpha value is -3.35. The minimum Gasteiger partial charge on any atom is -0.480 e. The predicted molar refractivity (Wildman–Crippen MR) is 135 cm³/mol. The summed E-state index contributed by atoms with van der Waals surface area (Å²) in [5.74, 6) is -1.40. The zero-order valence-electron chi connectivity index (χ0n) is 21.3. The van der Waals surface area contributed by atoms with Crippen LogP contribution in [0.5, 0.6) is 0 Å². The van der Waals surface area contributed by atoms with Gasteiger partial charge in [0.1, 0.15) is 12.1 Å². The fourth-order valence-corrected chi connectivity index (χ4v) is 4.96. The molecule has 0 aliphatic heterocycles. The number of likely N-dealkylation sites (N-methyl/N-ethyl adjacent to an activating group) is 1. The predicted octanol–water partition coefficient (Wildman–Crippen LogP) is 5.04. The quantitative estimate of drug-likeness (QED) is 0.496. The van der Waals surface area contributed by atoms with Gasteiger partial charge in [0.25, 0.3) is 0 Å². The van der Waals surface area contributed by atoms with Crippen LogP contribution in [0.4, 0.5) is 4.79 Å². The molecule has 0 saturated heterocycles. The highest BCUT2D eigenvalue weighted by atomic mass is 16.5. The van der Waals surface area contributed by atoms with Crippen molar-refractivity contribution in [1.82, 2.24) is 10.2 Å². The SMILES string of the molecule is CCN(C(=O)C(CC)(CC)CNC(=O)OCC1c2ccccc2-c2ccccc21)C(C)(C)C(=O)O. The molecule has 0 radical (unpaired) electrons. The van der Waals surface area contributed by atoms with Crippen molar-refractivity contribution in [2.45, 2.75) is 58.9 Å². The zero-order chi connectivity index (χ0) is 25.8. The number of rotatable bonds is 10. The van der Waals surface area contributed by atoms with Crippen molar-refractivity contribution in [2.75, 3.05) is 19.7 Å². The highest BCUT2D eigenvalue weighted by Crippen LogP contribution is 2.44. The first-order chi connectivity index (χ1) is 16.6. The molecule has 0 spiro atoms. The number of benzene rings is 2. The van der Waals surface area contributed by atoms with Crippen molar-refractivity contribution in [3.63, 3.8) is 0 Å². The Bertz CT molecular complexity index is 1040. The van der Waals surface area contributed by atoms with E-state index in [0.717, 1.165) is 22.3 Å². The van der Waals surface area contributed by atoms with Crippen molar-refractivity contribution in [3.05, 3.63) is 59.7 Å². The molecule has 1 aliphatic carbocycles. The van der Waals surface area contributed by atoms with E-state index in [2.05, 4.69) is 29.6 Å². The molecule has 7 heteroatoms. The van der Waals surface area contributed by atoms with Gasteiger partial charge in [-0.15, -0.1) is 0 Å². The second-order valence-electron chi connectivity index (χ2n) is 9.58. The maximum Gasteiger partial charge on any atom is 0.407 e. The Balaban J connectivity index is 1.70. The molecule has 3 rings (SSSR count). The summed E-state index contributed by atoms with van der Waals surface area (Å²) in [6.45, 7) is 9.07. The monoisotopic (exact) mass is 480 g/mol. The van der Waals surface area contributed by atoms with Gasteiger partial charge in [-0.2, -0.15) is 0 Å². The molecule has 0 atom stereocenters. The normalized spacial score (nSPS) is 13.1. The van der Waals surface area contributed by atoms with Crippen LogP contribution in [0.15, 0.2) is 48.5 Å². The molecule has 2 aromatic rings. The molecule has 1 aliphatic rings. The van der Waals surface area contributed by atoms with Gasteiger partial charge in [0, 0.05) is 19.0 Å². The summed E-state index contributed by atoms with van der Waals surface area (Å²) in [6, 6.07) is 16.2. The van der Waals surface area contributed by atoms with E-state index in [1.54, 1.807) is 6.92 Å². The molecule has 0 heterocycles. The molecule has 188 valence electrons. The molecule has 2 aromatic carbocycles. The molecule has 0 saturated carbocycles. The first kappa shape index (κ1) is 26.3. The van der Waals surface area contributed by atoms with Gasteiger partial charge in [0.15, 0.2) is 0 Å². The minimum absolute atomic E-state index is 0.0520. The van der Waals surface area contributed by atoms with Gasteiger partial charge >= 0.3 is 12.1 Å². The lowest BCUT2D eigenvalue weighted by molar-refractivity contribution is -0.162. The van der Waals surface area contributed by atoms with Gasteiger partial charge in [0.2, 0.25) is 5.91 Å². The van der Waals surface area contributed by atoms with Gasteiger partial charge < -0.3 is 20.1 Å². The Labute approximate surface area is 207 Å². The van der Waals surface area contributed by atoms with E-state index >= 15 is 0 Å². The summed E-state index contributed by atoms with van der Waals surface area (Å²) in [6.07, 6.45) is 0.322. The van der Waals surface area contributed by atoms with Crippen molar-refractivity contribution in [3.8, 4) is 11.1 Å². The van der Waals surface area contributed by atoms with E-state index < -0.39 is 23.0 Å². The fraction of sp³-hybridized carbons (Fsp3) is 0.464. The van der Waals surface area contributed by atoms with E-state index in [-0.39, 0.29) is 31.5 Å². The second kappa shape index (κ2) is 10.5. The first-order valence-corrected chi connectivity index (χ1v) is 12.3. The van der Waals surface area contributed by atoms with E-state index in [9.17, 15) is 19.5 Å². The molecule has 0 unspecified atom stereocenters. The van der Waals surface area contributed by atoms with Crippen LogP contribution in [0.3, 0.4) is 0 Å². The highest BCUT2D eigenvalue weighted by Gasteiger charge is 2.45. The third kappa shape index (κ3) is 4.90. The Kier molecular flexibility index (Phi) is 7.88. The van der Waals surface area contributed by atoms with Crippen LogP contribution in [0, 0.1) is 5.41 Å². The number of hydrogen-bond donors (Lipinski definition) is 2. The summed E-state index contributed by atoms with van der Waals surface area (Å²) < 4.78 is 5.63. The number of ether oxygens (including phenoxy) is 1. The number of alkyl carbamates (subject to hydrolysis) is 1. The van der Waals surface area contributed by atoms with Crippen LogP contribution in [0.25, 0.3) is 11.1 Å². The second-order valence-corrected chi connectivity index (χ2v) is 9.58.